The van der Waals surface area contributed by atoms with E-state index in [2.05, 4.69) is 20.6 Å². The number of fused-ring (bicyclic) bond motifs is 1. The first kappa shape index (κ1) is 14.3. The number of H-pyrrole nitrogens is 1. The zero-order chi connectivity index (χ0) is 15.8. The number of aromatic amines is 1. The Hall–Kier alpha value is -2.34. The largest absolute Gasteiger partial charge is 0.378 e. The quantitative estimate of drug-likeness (QED) is 0.694. The third-order valence-electron chi connectivity index (χ3n) is 4.70. The first-order valence-electron chi connectivity index (χ1n) is 8.16. The summed E-state index contributed by atoms with van der Waals surface area (Å²) in [4.78, 5) is 19.5. The highest BCUT2D eigenvalue weighted by Crippen LogP contribution is 2.30. The van der Waals surface area contributed by atoms with Crippen LogP contribution in [-0.4, -0.2) is 33.0 Å². The Morgan fingerprint density at radius 2 is 2.09 bits per heavy atom. The van der Waals surface area contributed by atoms with Crippen molar-refractivity contribution in [1.82, 2.24) is 15.3 Å². The Balaban J connectivity index is 1.58. The summed E-state index contributed by atoms with van der Waals surface area (Å²) < 4.78 is 0. The highest BCUT2D eigenvalue weighted by Gasteiger charge is 2.39. The minimum atomic E-state index is -1.07. The lowest BCUT2D eigenvalue weighted by Crippen LogP contribution is -2.48. The molecule has 0 bridgehead atoms. The first-order chi connectivity index (χ1) is 11.2. The summed E-state index contributed by atoms with van der Waals surface area (Å²) >= 11 is 0. The Morgan fingerprint density at radius 1 is 1.26 bits per heavy atom. The fraction of sp³-hybridized carbons (Fsp3) is 0.412. The summed E-state index contributed by atoms with van der Waals surface area (Å²) in [6, 6.07) is 4.12. The van der Waals surface area contributed by atoms with Crippen LogP contribution in [0.25, 0.3) is 11.0 Å². The molecule has 0 aromatic carbocycles. The molecular weight excluding hydrogens is 292 g/mol. The molecule has 120 valence electrons. The van der Waals surface area contributed by atoms with E-state index in [9.17, 15) is 9.90 Å². The second-order valence-electron chi connectivity index (χ2n) is 6.26. The number of hydrogen-bond donors (Lipinski definition) is 4. The molecule has 4 rings (SSSR count). The molecule has 0 aliphatic heterocycles. The van der Waals surface area contributed by atoms with E-state index in [0.717, 1.165) is 29.6 Å². The van der Waals surface area contributed by atoms with Crippen molar-refractivity contribution in [3.63, 3.8) is 0 Å². The van der Waals surface area contributed by atoms with Crippen molar-refractivity contribution in [2.24, 2.45) is 0 Å². The van der Waals surface area contributed by atoms with Gasteiger partial charge in [0.05, 0.1) is 16.9 Å². The van der Waals surface area contributed by atoms with Gasteiger partial charge in [-0.3, -0.25) is 9.78 Å². The van der Waals surface area contributed by atoms with Crippen LogP contribution in [0.3, 0.4) is 0 Å². The van der Waals surface area contributed by atoms with Gasteiger partial charge in [-0.1, -0.05) is 19.3 Å². The number of aliphatic hydroxyl groups excluding tert-OH is 1. The summed E-state index contributed by atoms with van der Waals surface area (Å²) in [7, 11) is 0. The fourth-order valence-corrected chi connectivity index (χ4v) is 3.39. The van der Waals surface area contributed by atoms with E-state index in [4.69, 9.17) is 0 Å². The first-order valence-corrected chi connectivity index (χ1v) is 8.16. The van der Waals surface area contributed by atoms with Crippen LogP contribution in [0.1, 0.15) is 32.1 Å². The van der Waals surface area contributed by atoms with Gasteiger partial charge in [-0.05, 0) is 25.0 Å². The number of carbonyl (C=O) groups excluding carboxylic acids is 1. The molecule has 1 saturated carbocycles. The van der Waals surface area contributed by atoms with E-state index in [1.807, 2.05) is 12.1 Å². The molecule has 2 aliphatic rings. The van der Waals surface area contributed by atoms with Crippen LogP contribution in [-0.2, 0) is 4.79 Å². The molecule has 6 nitrogen and oxygen atoms in total. The van der Waals surface area contributed by atoms with Gasteiger partial charge in [0.15, 0.2) is 6.10 Å². The van der Waals surface area contributed by atoms with Gasteiger partial charge in [0.1, 0.15) is 11.2 Å². The lowest BCUT2D eigenvalue weighted by atomic mass is 9.90. The topological polar surface area (TPSA) is 90.0 Å². The average molecular weight is 312 g/mol. The smallest absolute Gasteiger partial charge is 0.215 e. The number of carbonyl (C=O) groups is 1. The minimum Gasteiger partial charge on any atom is -0.378 e. The zero-order valence-electron chi connectivity index (χ0n) is 12.8. The molecule has 2 heterocycles. The molecule has 1 fully saturated rings. The molecule has 4 N–H and O–H groups in total. The van der Waals surface area contributed by atoms with Gasteiger partial charge >= 0.3 is 0 Å². The highest BCUT2D eigenvalue weighted by molar-refractivity contribution is 6.09. The molecule has 1 unspecified atom stereocenters. The molecule has 0 spiro atoms. The van der Waals surface area contributed by atoms with E-state index < -0.39 is 6.10 Å². The van der Waals surface area contributed by atoms with Crippen molar-refractivity contribution < 1.29 is 9.90 Å². The molecule has 23 heavy (non-hydrogen) atoms. The summed E-state index contributed by atoms with van der Waals surface area (Å²) in [6.07, 6.45) is 8.25. The van der Waals surface area contributed by atoms with E-state index >= 15 is 0 Å². The maximum Gasteiger partial charge on any atom is 0.215 e. The third kappa shape index (κ3) is 2.49. The van der Waals surface area contributed by atoms with Gasteiger partial charge in [-0.2, -0.15) is 0 Å². The van der Waals surface area contributed by atoms with E-state index in [-0.39, 0.29) is 5.78 Å². The van der Waals surface area contributed by atoms with Gasteiger partial charge in [0.2, 0.25) is 5.78 Å². The standard InChI is InChI=1S/C17H20N4O2/c22-16-14(20-10-5-2-1-3-6-10)15(17(16)23)21-12-9-19-11-7-4-8-18-13(11)12/h4,7-10,17,19-21,23H,1-3,5-6H2. The highest BCUT2D eigenvalue weighted by atomic mass is 16.3. The normalized spacial score (nSPS) is 22.3. The van der Waals surface area contributed by atoms with Gasteiger partial charge in [0, 0.05) is 18.4 Å². The third-order valence-corrected chi connectivity index (χ3v) is 4.70. The maximum atomic E-state index is 12.0. The number of aromatic nitrogens is 2. The molecular formula is C17H20N4O2. The predicted octanol–water partition coefficient (Wildman–Crippen LogP) is 2.05. The molecule has 0 amide bonds. The number of nitrogens with zero attached hydrogens (tertiary/aromatic N) is 1. The summed E-state index contributed by atoms with van der Waals surface area (Å²) in [5.74, 6) is -0.231. The predicted molar refractivity (Wildman–Crippen MR) is 87.8 cm³/mol. The minimum absolute atomic E-state index is 0.231. The van der Waals surface area contributed by atoms with Crippen LogP contribution >= 0.6 is 0 Å². The zero-order valence-corrected chi connectivity index (χ0v) is 12.8. The van der Waals surface area contributed by atoms with Crippen molar-refractivity contribution >= 4 is 22.5 Å². The molecule has 2 aromatic rings. The molecule has 6 heteroatoms. The Bertz CT molecular complexity index is 774. The van der Waals surface area contributed by atoms with Gasteiger partial charge in [-0.25, -0.2) is 0 Å². The number of Topliss-reactive ketones (excluding diaryl/α,β-unsaturated/α-hetero) is 1. The van der Waals surface area contributed by atoms with Crippen molar-refractivity contribution in [3.8, 4) is 0 Å². The number of nitrogens with one attached hydrogen (secondary N) is 3. The van der Waals surface area contributed by atoms with Crippen molar-refractivity contribution in [1.29, 1.82) is 0 Å². The lowest BCUT2D eigenvalue weighted by molar-refractivity contribution is -0.125. The molecule has 0 radical (unpaired) electrons. The van der Waals surface area contributed by atoms with E-state index in [0.29, 0.717) is 17.4 Å². The summed E-state index contributed by atoms with van der Waals surface area (Å²) in [5, 5.41) is 16.5. The molecule has 2 aromatic heterocycles. The average Bonchev–Trinajstić information content (AvgIpc) is 3.02. The summed E-state index contributed by atoms with van der Waals surface area (Å²) in [5.41, 5.74) is 3.55. The Morgan fingerprint density at radius 3 is 2.91 bits per heavy atom. The Labute approximate surface area is 134 Å². The summed E-state index contributed by atoms with van der Waals surface area (Å²) in [6.45, 7) is 0. The SMILES string of the molecule is O=C1C(NC2CCCCC2)=C(Nc2c[nH]c3cccnc23)C1O. The van der Waals surface area contributed by atoms with Crippen molar-refractivity contribution in [2.75, 3.05) is 5.32 Å². The van der Waals surface area contributed by atoms with Gasteiger partial charge < -0.3 is 20.7 Å². The van der Waals surface area contributed by atoms with E-state index in [1.54, 1.807) is 12.4 Å². The number of aliphatic hydroxyl groups is 1. The van der Waals surface area contributed by atoms with Gasteiger partial charge in [0.25, 0.3) is 0 Å². The van der Waals surface area contributed by atoms with Crippen LogP contribution in [0.4, 0.5) is 5.69 Å². The molecule has 0 saturated heterocycles. The van der Waals surface area contributed by atoms with Crippen molar-refractivity contribution in [2.45, 2.75) is 44.2 Å². The number of anilines is 1. The van der Waals surface area contributed by atoms with Gasteiger partial charge in [-0.15, -0.1) is 0 Å². The van der Waals surface area contributed by atoms with Crippen molar-refractivity contribution in [3.05, 3.63) is 35.9 Å². The monoisotopic (exact) mass is 312 g/mol. The van der Waals surface area contributed by atoms with E-state index in [1.165, 1.54) is 19.3 Å². The van der Waals surface area contributed by atoms with Crippen LogP contribution in [0.5, 0.6) is 0 Å². The fourth-order valence-electron chi connectivity index (χ4n) is 3.39. The lowest BCUT2D eigenvalue weighted by Gasteiger charge is -2.33. The van der Waals surface area contributed by atoms with Crippen LogP contribution in [0.15, 0.2) is 35.9 Å². The van der Waals surface area contributed by atoms with Crippen LogP contribution < -0.4 is 10.6 Å². The van der Waals surface area contributed by atoms with Crippen LogP contribution in [0, 0.1) is 0 Å². The number of rotatable bonds is 4. The number of pyridine rings is 1. The number of hydrogen-bond acceptors (Lipinski definition) is 5. The molecule has 2 aliphatic carbocycles. The Kier molecular flexibility index (Phi) is 3.53. The van der Waals surface area contributed by atoms with Crippen LogP contribution in [0.2, 0.25) is 0 Å². The second-order valence-corrected chi connectivity index (χ2v) is 6.26. The number of ketones is 1. The molecule has 1 atom stereocenters. The maximum absolute atomic E-state index is 12.0. The second kappa shape index (κ2) is 5.70.